The third kappa shape index (κ3) is 8.75. The molecule has 0 bridgehead atoms. The summed E-state index contributed by atoms with van der Waals surface area (Å²) >= 11 is 0. The lowest BCUT2D eigenvalue weighted by molar-refractivity contribution is -0.436. The Morgan fingerprint density at radius 3 is 1.75 bits per heavy atom. The van der Waals surface area contributed by atoms with Crippen LogP contribution in [0.1, 0.15) is 148 Å². The van der Waals surface area contributed by atoms with Crippen molar-refractivity contribution >= 4 is 55.7 Å². The molecule has 7 rings (SSSR count). The van der Waals surface area contributed by atoms with Gasteiger partial charge in [-0.25, -0.2) is 0 Å². The van der Waals surface area contributed by atoms with E-state index in [-0.39, 0.29) is 11.5 Å². The van der Waals surface area contributed by atoms with Gasteiger partial charge in [-0.1, -0.05) is 183 Å². The van der Waals surface area contributed by atoms with Crippen LogP contribution in [0.3, 0.4) is 0 Å². The molecule has 0 fully saturated rings. The third-order valence-corrected chi connectivity index (χ3v) is 12.5. The third-order valence-electron chi connectivity index (χ3n) is 12.5. The summed E-state index contributed by atoms with van der Waals surface area (Å²) in [5.41, 5.74) is 5.08. The van der Waals surface area contributed by atoms with Crippen LogP contribution in [0.2, 0.25) is 0 Å². The standard InChI is InChI=1S/C52H64N2O2/c1-3-5-7-9-11-13-15-17-19-21-35-53-45-33-25-29-39-27-23-31-41(49(39)45)47(53)37-43-51(55)44(52(43)56)38-48-42-32-24-28-40-30-26-34-46(50(40)42)54(48)36-22-20-18-16-14-12-10-8-6-4-2/h23-34,37-38H,3-22,35-36H2,1-2H3. The predicted molar refractivity (Wildman–Crippen MR) is 236 cm³/mol. The average Bonchev–Trinajstić information content (AvgIpc) is 3.70. The first kappa shape index (κ1) is 39.8. The van der Waals surface area contributed by atoms with Crippen LogP contribution >= 0.6 is 0 Å². The van der Waals surface area contributed by atoms with Gasteiger partial charge in [0, 0.05) is 57.9 Å². The molecule has 4 heteroatoms. The maximum absolute atomic E-state index is 14.1. The zero-order chi connectivity index (χ0) is 38.7. The fourth-order valence-corrected chi connectivity index (χ4v) is 9.35. The zero-order valence-corrected chi connectivity index (χ0v) is 34.4. The maximum atomic E-state index is 14.1. The topological polar surface area (TPSA) is 48.1 Å². The first-order valence-corrected chi connectivity index (χ1v) is 22.5. The van der Waals surface area contributed by atoms with Crippen molar-refractivity contribution in [1.82, 2.24) is 4.57 Å². The van der Waals surface area contributed by atoms with Crippen LogP contribution in [0.4, 0.5) is 5.69 Å². The number of unbranched alkanes of at least 4 members (excludes halogenated alkanes) is 18. The first-order chi connectivity index (χ1) is 27.6. The minimum Gasteiger partial charge on any atom is -0.871 e. The highest BCUT2D eigenvalue weighted by Crippen LogP contribution is 2.38. The number of rotatable bonds is 24. The smallest absolute Gasteiger partial charge is 0.214 e. The van der Waals surface area contributed by atoms with Crippen molar-refractivity contribution in [3.8, 4) is 0 Å². The van der Waals surface area contributed by atoms with Gasteiger partial charge < -0.3 is 9.67 Å². The molecule has 0 atom stereocenters. The summed E-state index contributed by atoms with van der Waals surface area (Å²) in [5, 5.41) is 21.0. The Bertz CT molecular complexity index is 2270. The number of benzene rings is 4. The van der Waals surface area contributed by atoms with E-state index in [1.807, 2.05) is 12.2 Å². The molecule has 0 saturated carbocycles. The van der Waals surface area contributed by atoms with Crippen molar-refractivity contribution in [1.29, 1.82) is 0 Å². The van der Waals surface area contributed by atoms with Gasteiger partial charge in [0.15, 0.2) is 5.78 Å². The zero-order valence-electron chi connectivity index (χ0n) is 34.4. The summed E-state index contributed by atoms with van der Waals surface area (Å²) < 4.78 is 4.74. The lowest BCUT2D eigenvalue weighted by atomic mass is 9.86. The molecule has 0 saturated heterocycles. The van der Waals surface area contributed by atoms with Crippen LogP contribution < -0.4 is 10.5 Å². The predicted octanol–water partition coefficient (Wildman–Crippen LogP) is 12.6. The molecule has 2 aliphatic rings. The van der Waals surface area contributed by atoms with Crippen LogP contribution in [-0.2, 0) is 11.3 Å². The van der Waals surface area contributed by atoms with E-state index in [9.17, 15) is 9.90 Å². The van der Waals surface area contributed by atoms with Crippen LogP contribution in [0.5, 0.6) is 0 Å². The molecule has 294 valence electrons. The van der Waals surface area contributed by atoms with Crippen molar-refractivity contribution in [2.75, 3.05) is 6.54 Å². The van der Waals surface area contributed by atoms with Crippen LogP contribution in [0.15, 0.2) is 95.8 Å². The Morgan fingerprint density at radius 1 is 0.589 bits per heavy atom. The molecule has 0 unspecified atom stereocenters. The SMILES string of the molecule is CCCCCCCCCCCCn1/c(=C/C2=C([O-])C(=C/C3=[N+](CCCCCCCCCCCC)c4cccc5cccc3c45)/C2=O)c2cccc3cccc1c32. The largest absolute Gasteiger partial charge is 0.871 e. The molecule has 1 aromatic heterocycles. The van der Waals surface area contributed by atoms with Crippen LogP contribution in [-0.4, -0.2) is 27.2 Å². The molecule has 4 aromatic carbocycles. The van der Waals surface area contributed by atoms with E-state index in [1.54, 1.807) is 0 Å². The molecule has 1 aliphatic heterocycles. The van der Waals surface area contributed by atoms with Gasteiger partial charge in [-0.3, -0.25) is 4.79 Å². The highest BCUT2D eigenvalue weighted by Gasteiger charge is 2.34. The minimum absolute atomic E-state index is 0.140. The number of ketones is 1. The molecule has 0 amide bonds. The fourth-order valence-electron chi connectivity index (χ4n) is 9.35. The minimum atomic E-state index is -0.140. The van der Waals surface area contributed by atoms with Gasteiger partial charge in [-0.05, 0) is 41.8 Å². The summed E-state index contributed by atoms with van der Waals surface area (Å²) in [6.45, 7) is 6.31. The molecule has 4 nitrogen and oxygen atoms in total. The molecular weight excluding hydrogens is 685 g/mol. The Hall–Kier alpha value is -4.44. The number of Topliss-reactive ketones (excluding diaryl/α,β-unsaturated/α-hetero) is 1. The highest BCUT2D eigenvalue weighted by molar-refractivity contribution is 6.29. The van der Waals surface area contributed by atoms with Gasteiger partial charge in [0.05, 0.1) is 10.9 Å². The number of aryl methyl sites for hydroxylation is 1. The Balaban J connectivity index is 1.11. The number of hydrogen-bond acceptors (Lipinski definition) is 2. The number of nitrogens with zero attached hydrogens (tertiary/aromatic N) is 2. The van der Waals surface area contributed by atoms with Crippen LogP contribution in [0.25, 0.3) is 38.5 Å². The number of carbonyl (C=O) groups is 1. The summed E-state index contributed by atoms with van der Waals surface area (Å²) in [6, 6.07) is 25.8. The van der Waals surface area contributed by atoms with E-state index in [0.717, 1.165) is 47.9 Å². The van der Waals surface area contributed by atoms with Gasteiger partial charge in [-0.2, -0.15) is 4.58 Å². The van der Waals surface area contributed by atoms with Crippen molar-refractivity contribution in [2.45, 2.75) is 149 Å². The van der Waals surface area contributed by atoms with Gasteiger partial charge in [0.1, 0.15) is 6.54 Å². The Morgan fingerprint density at radius 2 is 1.12 bits per heavy atom. The summed E-state index contributed by atoms with van der Waals surface area (Å²) in [4.78, 5) is 14.1. The number of hydrogen-bond donors (Lipinski definition) is 0. The second-order valence-corrected chi connectivity index (χ2v) is 16.6. The van der Waals surface area contributed by atoms with Crippen molar-refractivity contribution in [2.24, 2.45) is 0 Å². The molecule has 1 aliphatic carbocycles. The van der Waals surface area contributed by atoms with Gasteiger partial charge in [0.2, 0.25) is 11.4 Å². The van der Waals surface area contributed by atoms with Crippen molar-refractivity contribution in [3.63, 3.8) is 0 Å². The quantitative estimate of drug-likeness (QED) is 0.0358. The monoisotopic (exact) mass is 748 g/mol. The Labute approximate surface area is 335 Å². The maximum Gasteiger partial charge on any atom is 0.214 e. The molecule has 0 N–H and O–H groups in total. The van der Waals surface area contributed by atoms with E-state index in [4.69, 9.17) is 0 Å². The number of carbonyl (C=O) groups excluding carboxylic acids is 1. The van der Waals surface area contributed by atoms with Crippen molar-refractivity contribution in [3.05, 3.63) is 107 Å². The van der Waals surface area contributed by atoms with Gasteiger partial charge in [-0.15, -0.1) is 0 Å². The lowest BCUT2D eigenvalue weighted by Gasteiger charge is -2.28. The van der Waals surface area contributed by atoms with E-state index in [1.165, 1.54) is 148 Å². The number of allylic oxidation sites excluding steroid dienone is 3. The second-order valence-electron chi connectivity index (χ2n) is 16.6. The summed E-state index contributed by atoms with van der Waals surface area (Å²) in [5.74, 6) is -0.280. The lowest BCUT2D eigenvalue weighted by Crippen LogP contribution is -2.32. The van der Waals surface area contributed by atoms with E-state index >= 15 is 0 Å². The second kappa shape index (κ2) is 19.6. The summed E-state index contributed by atoms with van der Waals surface area (Å²) in [6.07, 6.45) is 29.6. The van der Waals surface area contributed by atoms with Gasteiger partial charge in [0.25, 0.3) is 0 Å². The summed E-state index contributed by atoms with van der Waals surface area (Å²) in [7, 11) is 0. The molecular formula is C52H64N2O2. The molecule has 56 heavy (non-hydrogen) atoms. The molecule has 0 radical (unpaired) electrons. The van der Waals surface area contributed by atoms with E-state index in [0.29, 0.717) is 11.1 Å². The van der Waals surface area contributed by atoms with Gasteiger partial charge >= 0.3 is 0 Å². The number of aromatic nitrogens is 1. The van der Waals surface area contributed by atoms with Crippen molar-refractivity contribution < 1.29 is 14.5 Å². The average molecular weight is 749 g/mol. The normalized spacial score (nSPS) is 15.2. The van der Waals surface area contributed by atoms with Crippen LogP contribution in [0, 0.1) is 0 Å². The van der Waals surface area contributed by atoms with E-state index < -0.39 is 0 Å². The Kier molecular flexibility index (Phi) is 13.9. The first-order valence-electron chi connectivity index (χ1n) is 22.5. The molecule has 2 heterocycles. The van der Waals surface area contributed by atoms with E-state index in [2.05, 4.69) is 95.8 Å². The molecule has 5 aromatic rings. The fraction of sp³-hybridized carbons (Fsp3) is 0.462. The molecule has 0 spiro atoms. The highest BCUT2D eigenvalue weighted by atomic mass is 16.3.